The van der Waals surface area contributed by atoms with Gasteiger partial charge in [0.25, 0.3) is 0 Å². The first-order valence-electron chi connectivity index (χ1n) is 7.01. The van der Waals surface area contributed by atoms with Crippen LogP contribution in [0.25, 0.3) is 10.8 Å². The highest BCUT2D eigenvalue weighted by molar-refractivity contribution is 9.10. The molecule has 0 bridgehead atoms. The van der Waals surface area contributed by atoms with Crippen molar-refractivity contribution in [2.24, 2.45) is 0 Å². The summed E-state index contributed by atoms with van der Waals surface area (Å²) in [5.41, 5.74) is 7.89. The quantitative estimate of drug-likeness (QED) is 0.650. The Balaban J connectivity index is 2.25. The summed E-state index contributed by atoms with van der Waals surface area (Å²) in [6.07, 6.45) is 7.66. The summed E-state index contributed by atoms with van der Waals surface area (Å²) in [4.78, 5) is 0. The fourth-order valence-corrected chi connectivity index (χ4v) is 4.60. The zero-order valence-corrected chi connectivity index (χ0v) is 12.4. The van der Waals surface area contributed by atoms with E-state index < -0.39 is 0 Å². The summed E-state index contributed by atoms with van der Waals surface area (Å²) in [6.45, 7) is 2.30. The highest BCUT2D eigenvalue weighted by atomic mass is 79.9. The van der Waals surface area contributed by atoms with E-state index in [2.05, 4.69) is 35.0 Å². The average Bonchev–Trinajstić information content (AvgIpc) is 2.38. The molecule has 2 aromatic carbocycles. The van der Waals surface area contributed by atoms with Crippen LogP contribution in [-0.4, -0.2) is 0 Å². The van der Waals surface area contributed by atoms with Crippen molar-refractivity contribution < 1.29 is 0 Å². The normalized spacial score (nSPS) is 17.2. The van der Waals surface area contributed by atoms with Crippen LogP contribution >= 0.6 is 15.9 Å². The third-order valence-corrected chi connectivity index (χ3v) is 5.41. The van der Waals surface area contributed by atoms with Crippen LogP contribution in [0.2, 0.25) is 0 Å². The van der Waals surface area contributed by atoms with Gasteiger partial charge in [-0.15, -0.1) is 0 Å². The molecule has 0 radical (unpaired) electrons. The van der Waals surface area contributed by atoms with Crippen molar-refractivity contribution in [3.63, 3.8) is 0 Å². The van der Waals surface area contributed by atoms with E-state index in [1.54, 1.807) is 33.0 Å². The first-order valence-corrected chi connectivity index (χ1v) is 7.80. The topological polar surface area (TPSA) is 0 Å². The number of benzene rings is 2. The van der Waals surface area contributed by atoms with Crippen molar-refractivity contribution in [3.05, 3.63) is 44.4 Å². The lowest BCUT2D eigenvalue weighted by Crippen LogP contribution is -2.10. The molecule has 0 aliphatic heterocycles. The Morgan fingerprint density at radius 3 is 2.22 bits per heavy atom. The van der Waals surface area contributed by atoms with Crippen LogP contribution in [0.4, 0.5) is 0 Å². The molecule has 0 atom stereocenters. The minimum atomic E-state index is 1.24. The van der Waals surface area contributed by atoms with E-state index in [4.69, 9.17) is 0 Å². The Bertz CT molecular complexity index is 608. The molecule has 0 saturated heterocycles. The van der Waals surface area contributed by atoms with Crippen molar-refractivity contribution >= 4 is 26.7 Å². The van der Waals surface area contributed by atoms with E-state index in [1.165, 1.54) is 48.6 Å². The van der Waals surface area contributed by atoms with Crippen LogP contribution < -0.4 is 0 Å². The van der Waals surface area contributed by atoms with Crippen LogP contribution in [0.3, 0.4) is 0 Å². The van der Waals surface area contributed by atoms with Crippen molar-refractivity contribution in [3.8, 4) is 0 Å². The van der Waals surface area contributed by atoms with Gasteiger partial charge in [-0.1, -0.05) is 22.0 Å². The fraction of sp³-hybridized carbons (Fsp3) is 0.412. The fourth-order valence-electron chi connectivity index (χ4n) is 3.93. The maximum Gasteiger partial charge on any atom is 0.0216 e. The molecule has 18 heavy (non-hydrogen) atoms. The van der Waals surface area contributed by atoms with Gasteiger partial charge in [0.15, 0.2) is 0 Å². The van der Waals surface area contributed by atoms with Crippen molar-refractivity contribution in [2.45, 2.75) is 45.4 Å². The summed E-state index contributed by atoms with van der Waals surface area (Å²) in [6, 6.07) is 4.86. The molecule has 0 unspecified atom stereocenters. The molecule has 2 aliphatic rings. The van der Waals surface area contributed by atoms with Gasteiger partial charge in [-0.3, -0.25) is 0 Å². The Kier molecular flexibility index (Phi) is 2.35. The summed E-state index contributed by atoms with van der Waals surface area (Å²) in [5, 5.41) is 3.22. The Hall–Kier alpha value is -0.820. The van der Waals surface area contributed by atoms with E-state index in [1.807, 2.05) is 0 Å². The molecule has 1 heteroatoms. The number of hydrogen-bond donors (Lipinski definition) is 0. The summed E-state index contributed by atoms with van der Waals surface area (Å²) in [7, 11) is 0. The van der Waals surface area contributed by atoms with E-state index >= 15 is 0 Å². The lowest BCUT2D eigenvalue weighted by Gasteiger charge is -2.27. The van der Waals surface area contributed by atoms with Crippen LogP contribution in [0.15, 0.2) is 16.6 Å². The van der Waals surface area contributed by atoms with E-state index in [9.17, 15) is 0 Å². The van der Waals surface area contributed by atoms with E-state index in [0.717, 1.165) is 0 Å². The SMILES string of the molecule is Cc1cc2c3c(c(Br)cc4c3c1CCC4)CCC2. The van der Waals surface area contributed by atoms with Gasteiger partial charge in [0, 0.05) is 4.47 Å². The van der Waals surface area contributed by atoms with Crippen LogP contribution in [-0.2, 0) is 25.7 Å². The summed E-state index contributed by atoms with van der Waals surface area (Å²) < 4.78 is 1.35. The average molecular weight is 301 g/mol. The molecule has 0 heterocycles. The number of aryl methyl sites for hydroxylation is 5. The van der Waals surface area contributed by atoms with Crippen molar-refractivity contribution in [1.29, 1.82) is 0 Å². The largest absolute Gasteiger partial charge is 0.0552 e. The molecular weight excluding hydrogens is 284 g/mol. The van der Waals surface area contributed by atoms with E-state index in [-0.39, 0.29) is 0 Å². The highest BCUT2D eigenvalue weighted by Crippen LogP contribution is 2.42. The maximum absolute atomic E-state index is 3.80. The second-order valence-electron chi connectivity index (χ2n) is 5.78. The molecule has 0 spiro atoms. The van der Waals surface area contributed by atoms with Gasteiger partial charge in [-0.25, -0.2) is 0 Å². The number of rotatable bonds is 0. The van der Waals surface area contributed by atoms with Gasteiger partial charge in [-0.2, -0.15) is 0 Å². The minimum Gasteiger partial charge on any atom is -0.0552 e. The molecule has 0 saturated carbocycles. The summed E-state index contributed by atoms with van der Waals surface area (Å²) in [5.74, 6) is 0. The molecule has 0 fully saturated rings. The monoisotopic (exact) mass is 300 g/mol. The Labute approximate surface area is 117 Å². The van der Waals surface area contributed by atoms with Gasteiger partial charge < -0.3 is 0 Å². The molecule has 2 aromatic rings. The molecule has 0 nitrogen and oxygen atoms in total. The molecule has 92 valence electrons. The second kappa shape index (κ2) is 3.84. The number of hydrogen-bond acceptors (Lipinski definition) is 0. The summed E-state index contributed by atoms with van der Waals surface area (Å²) >= 11 is 3.80. The Morgan fingerprint density at radius 2 is 1.44 bits per heavy atom. The zero-order valence-electron chi connectivity index (χ0n) is 10.8. The molecule has 0 amide bonds. The lowest BCUT2D eigenvalue weighted by atomic mass is 9.79. The smallest absolute Gasteiger partial charge is 0.0216 e. The number of halogens is 1. The molecule has 2 aliphatic carbocycles. The lowest BCUT2D eigenvalue weighted by molar-refractivity contribution is 0.779. The minimum absolute atomic E-state index is 1.24. The van der Waals surface area contributed by atoms with Gasteiger partial charge in [-0.05, 0) is 90.1 Å². The predicted octanol–water partition coefficient (Wildman–Crippen LogP) is 4.89. The van der Waals surface area contributed by atoms with Crippen LogP contribution in [0.5, 0.6) is 0 Å². The predicted molar refractivity (Wildman–Crippen MR) is 80.4 cm³/mol. The highest BCUT2D eigenvalue weighted by Gasteiger charge is 2.23. The van der Waals surface area contributed by atoms with Crippen molar-refractivity contribution in [2.75, 3.05) is 0 Å². The third-order valence-electron chi connectivity index (χ3n) is 4.70. The van der Waals surface area contributed by atoms with Gasteiger partial charge in [0.2, 0.25) is 0 Å². The van der Waals surface area contributed by atoms with Gasteiger partial charge in [0.1, 0.15) is 0 Å². The first kappa shape index (κ1) is 11.0. The van der Waals surface area contributed by atoms with E-state index in [0.29, 0.717) is 0 Å². The second-order valence-corrected chi connectivity index (χ2v) is 6.64. The first-order chi connectivity index (χ1) is 8.75. The van der Waals surface area contributed by atoms with Crippen LogP contribution in [0.1, 0.15) is 40.7 Å². The maximum atomic E-state index is 3.80. The molecule has 4 rings (SSSR count). The molecule has 0 aromatic heterocycles. The third kappa shape index (κ3) is 1.37. The van der Waals surface area contributed by atoms with Crippen LogP contribution in [0, 0.1) is 6.92 Å². The molecular formula is C17H17Br. The van der Waals surface area contributed by atoms with Gasteiger partial charge in [0.05, 0.1) is 0 Å². The zero-order chi connectivity index (χ0) is 12.3. The van der Waals surface area contributed by atoms with Crippen molar-refractivity contribution in [1.82, 2.24) is 0 Å². The molecule has 0 N–H and O–H groups in total. The standard InChI is InChI=1S/C17H17Br/c1-10-8-11-4-3-7-14-15(18)9-12-5-2-6-13(10)16(12)17(11)14/h8-9H,2-7H2,1H3. The van der Waals surface area contributed by atoms with Gasteiger partial charge >= 0.3 is 0 Å². The Morgan fingerprint density at radius 1 is 0.833 bits per heavy atom.